The van der Waals surface area contributed by atoms with Crippen molar-refractivity contribution in [3.63, 3.8) is 0 Å². The van der Waals surface area contributed by atoms with Gasteiger partial charge in [0.25, 0.3) is 0 Å². The van der Waals surface area contributed by atoms with E-state index in [0.29, 0.717) is 0 Å². The van der Waals surface area contributed by atoms with Gasteiger partial charge in [0.1, 0.15) is 14.7 Å². The Hall–Kier alpha value is -3.82. The summed E-state index contributed by atoms with van der Waals surface area (Å²) in [6.45, 7) is 6.28. The topological polar surface area (TPSA) is 64.6 Å². The smallest absolute Gasteiger partial charge is 0.408 e. The molecular weight excluding hydrogens is 442 g/mol. The molecule has 0 fully saturated rings. The lowest BCUT2D eigenvalue weighted by molar-refractivity contribution is -0.148. The highest BCUT2D eigenvalue weighted by Gasteiger charge is 2.27. The van der Waals surface area contributed by atoms with Crippen molar-refractivity contribution in [3.05, 3.63) is 108 Å². The van der Waals surface area contributed by atoms with E-state index in [2.05, 4.69) is 36.4 Å². The fourth-order valence-electron chi connectivity index (χ4n) is 3.09. The zero-order valence-corrected chi connectivity index (χ0v) is 20.7. The highest BCUT2D eigenvalue weighted by molar-refractivity contribution is 6.83. The number of hydrogen-bond acceptors (Lipinski definition) is 4. The number of hydrogen-bond donors (Lipinski definition) is 1. The molecule has 3 aromatic carbocycles. The molecule has 0 spiro atoms. The SMILES string of the molecule is C[Si](C)(C)C#CC(NC(=O)OCc1ccccc1)C(=O)OC(c1ccccc1)c1ccccc1. The van der Waals surface area contributed by atoms with E-state index in [9.17, 15) is 9.59 Å². The van der Waals surface area contributed by atoms with Gasteiger partial charge in [-0.05, 0) is 16.7 Å². The minimum absolute atomic E-state index is 0.0898. The minimum atomic E-state index is -1.82. The molecule has 5 nitrogen and oxygen atoms in total. The van der Waals surface area contributed by atoms with Gasteiger partial charge in [-0.1, -0.05) is 117 Å². The van der Waals surface area contributed by atoms with Gasteiger partial charge < -0.3 is 9.47 Å². The fraction of sp³-hybridized carbons (Fsp3) is 0.214. The lowest BCUT2D eigenvalue weighted by Gasteiger charge is -2.21. The molecule has 0 radical (unpaired) electrons. The third-order valence-corrected chi connectivity index (χ3v) is 5.64. The third kappa shape index (κ3) is 7.95. The maximum absolute atomic E-state index is 13.2. The first kappa shape index (κ1) is 24.8. The summed E-state index contributed by atoms with van der Waals surface area (Å²) >= 11 is 0. The van der Waals surface area contributed by atoms with E-state index >= 15 is 0 Å². The average Bonchev–Trinajstić information content (AvgIpc) is 2.85. The van der Waals surface area contributed by atoms with Gasteiger partial charge in [-0.15, -0.1) is 5.54 Å². The summed E-state index contributed by atoms with van der Waals surface area (Å²) in [4.78, 5) is 25.7. The number of benzene rings is 3. The van der Waals surface area contributed by atoms with Gasteiger partial charge in [0.05, 0.1) is 0 Å². The molecular formula is C28H29NO4Si. The van der Waals surface area contributed by atoms with Crippen LogP contribution in [-0.2, 0) is 20.9 Å². The molecule has 1 N–H and O–H groups in total. The standard InChI is InChI=1S/C28H29NO4Si/c1-34(2,3)20-19-25(29-28(31)32-21-22-13-7-4-8-14-22)27(30)33-26(23-15-9-5-10-16-23)24-17-11-6-12-18-24/h4-18,25-26H,21H2,1-3H3,(H,29,31). The summed E-state index contributed by atoms with van der Waals surface area (Å²) in [5.41, 5.74) is 5.65. The molecule has 0 aliphatic rings. The minimum Gasteiger partial charge on any atom is -0.450 e. The van der Waals surface area contributed by atoms with Crippen LogP contribution in [0.25, 0.3) is 0 Å². The predicted octanol–water partition coefficient (Wildman–Crippen LogP) is 5.50. The molecule has 1 unspecified atom stereocenters. The van der Waals surface area contributed by atoms with Crippen molar-refractivity contribution in [2.45, 2.75) is 38.4 Å². The van der Waals surface area contributed by atoms with Crippen LogP contribution in [0.15, 0.2) is 91.0 Å². The second-order valence-corrected chi connectivity index (χ2v) is 13.5. The molecule has 3 rings (SSSR count). The Morgan fingerprint density at radius 1 is 0.824 bits per heavy atom. The molecule has 174 valence electrons. The molecule has 0 saturated heterocycles. The molecule has 0 aliphatic heterocycles. The van der Waals surface area contributed by atoms with Crippen LogP contribution in [-0.4, -0.2) is 26.2 Å². The summed E-state index contributed by atoms with van der Waals surface area (Å²) in [6, 6.07) is 27.1. The molecule has 1 atom stereocenters. The molecule has 0 aliphatic carbocycles. The second-order valence-electron chi connectivity index (χ2n) is 8.80. The lowest BCUT2D eigenvalue weighted by Crippen LogP contribution is -2.42. The van der Waals surface area contributed by atoms with Gasteiger partial charge >= 0.3 is 12.1 Å². The molecule has 0 aromatic heterocycles. The van der Waals surface area contributed by atoms with E-state index in [-0.39, 0.29) is 6.61 Å². The zero-order valence-electron chi connectivity index (χ0n) is 19.7. The first-order valence-electron chi connectivity index (χ1n) is 11.1. The van der Waals surface area contributed by atoms with Crippen LogP contribution in [0.4, 0.5) is 4.79 Å². The number of carbonyl (C=O) groups excluding carboxylic acids is 2. The van der Waals surface area contributed by atoms with Crippen molar-refractivity contribution in [1.82, 2.24) is 5.32 Å². The highest BCUT2D eigenvalue weighted by Crippen LogP contribution is 2.26. The second kappa shape index (κ2) is 11.9. The van der Waals surface area contributed by atoms with Crippen LogP contribution in [0, 0.1) is 11.5 Å². The van der Waals surface area contributed by atoms with E-state index < -0.39 is 32.3 Å². The van der Waals surface area contributed by atoms with Gasteiger partial charge in [-0.25, -0.2) is 9.59 Å². The predicted molar refractivity (Wildman–Crippen MR) is 135 cm³/mol. The van der Waals surface area contributed by atoms with Gasteiger partial charge in [0, 0.05) is 0 Å². The largest absolute Gasteiger partial charge is 0.450 e. The Morgan fingerprint density at radius 2 is 1.32 bits per heavy atom. The third-order valence-electron chi connectivity index (χ3n) is 4.74. The molecule has 6 heteroatoms. The van der Waals surface area contributed by atoms with E-state index in [0.717, 1.165) is 16.7 Å². The molecule has 34 heavy (non-hydrogen) atoms. The summed E-state index contributed by atoms with van der Waals surface area (Å²) in [5, 5.41) is 2.58. The van der Waals surface area contributed by atoms with Gasteiger partial charge in [0.15, 0.2) is 12.1 Å². The Morgan fingerprint density at radius 3 is 1.82 bits per heavy atom. The summed E-state index contributed by atoms with van der Waals surface area (Å²) < 4.78 is 11.2. The fourth-order valence-corrected chi connectivity index (χ4v) is 3.67. The van der Waals surface area contributed by atoms with Gasteiger partial charge in [-0.3, -0.25) is 5.32 Å². The van der Waals surface area contributed by atoms with Gasteiger partial charge in [-0.2, -0.15) is 0 Å². The zero-order chi connectivity index (χ0) is 24.4. The van der Waals surface area contributed by atoms with E-state index in [1.54, 1.807) is 0 Å². The molecule has 0 bridgehead atoms. The number of esters is 1. The Balaban J connectivity index is 1.79. The molecule has 1 amide bonds. The number of amides is 1. The van der Waals surface area contributed by atoms with E-state index in [1.165, 1.54) is 0 Å². The van der Waals surface area contributed by atoms with Crippen LogP contribution in [0.3, 0.4) is 0 Å². The summed E-state index contributed by atoms with van der Waals surface area (Å²) in [7, 11) is -1.82. The van der Waals surface area contributed by atoms with Crippen LogP contribution in [0.2, 0.25) is 19.6 Å². The van der Waals surface area contributed by atoms with E-state index in [4.69, 9.17) is 9.47 Å². The van der Waals surface area contributed by atoms with Crippen LogP contribution >= 0.6 is 0 Å². The highest BCUT2D eigenvalue weighted by atomic mass is 28.3. The number of rotatable bonds is 7. The Labute approximate surface area is 202 Å². The quantitative estimate of drug-likeness (QED) is 0.281. The van der Waals surface area contributed by atoms with Crippen molar-refractivity contribution in [2.75, 3.05) is 0 Å². The lowest BCUT2D eigenvalue weighted by atomic mass is 10.0. The Bertz CT molecular complexity index is 1090. The average molecular weight is 472 g/mol. The first-order valence-corrected chi connectivity index (χ1v) is 14.6. The van der Waals surface area contributed by atoms with Crippen molar-refractivity contribution < 1.29 is 19.1 Å². The van der Waals surface area contributed by atoms with Gasteiger partial charge in [0.2, 0.25) is 0 Å². The number of ether oxygens (including phenoxy) is 2. The maximum Gasteiger partial charge on any atom is 0.408 e. The van der Waals surface area contributed by atoms with Crippen molar-refractivity contribution >= 4 is 20.1 Å². The van der Waals surface area contributed by atoms with Crippen LogP contribution < -0.4 is 5.32 Å². The molecule has 3 aromatic rings. The Kier molecular flexibility index (Phi) is 8.66. The number of nitrogens with one attached hydrogen (secondary N) is 1. The number of alkyl carbamates (subject to hydrolysis) is 1. The number of carbonyl (C=O) groups is 2. The first-order chi connectivity index (χ1) is 16.3. The van der Waals surface area contributed by atoms with Crippen molar-refractivity contribution in [2.24, 2.45) is 0 Å². The van der Waals surface area contributed by atoms with Crippen molar-refractivity contribution in [3.8, 4) is 11.5 Å². The summed E-state index contributed by atoms with van der Waals surface area (Å²) in [6.07, 6.45) is -1.36. The molecule has 0 heterocycles. The van der Waals surface area contributed by atoms with Crippen LogP contribution in [0.5, 0.6) is 0 Å². The summed E-state index contributed by atoms with van der Waals surface area (Å²) in [5.74, 6) is 2.28. The molecule has 0 saturated carbocycles. The van der Waals surface area contributed by atoms with Crippen molar-refractivity contribution in [1.29, 1.82) is 0 Å². The van der Waals surface area contributed by atoms with Crippen LogP contribution in [0.1, 0.15) is 22.8 Å². The maximum atomic E-state index is 13.2. The normalized spacial score (nSPS) is 11.6. The van der Waals surface area contributed by atoms with E-state index in [1.807, 2.05) is 91.0 Å². The monoisotopic (exact) mass is 471 g/mol.